The van der Waals surface area contributed by atoms with E-state index in [0.717, 1.165) is 18.7 Å². The Morgan fingerprint density at radius 1 is 1.50 bits per heavy atom. The summed E-state index contributed by atoms with van der Waals surface area (Å²) in [5, 5.41) is 0.609. The van der Waals surface area contributed by atoms with Crippen molar-refractivity contribution in [3.8, 4) is 0 Å². The standard InChI is InChI=1S/C10H17N3S/c1-8(4-5-11)14-7-9-2-3-10(12)13-6-9/h2-3,6,8H,4-5,7,11H2,1H3,(H2,12,13). The third kappa shape index (κ3) is 3.98. The Balaban J connectivity index is 2.34. The molecular weight excluding hydrogens is 194 g/mol. The van der Waals surface area contributed by atoms with Crippen LogP contribution in [0.5, 0.6) is 0 Å². The van der Waals surface area contributed by atoms with E-state index in [0.29, 0.717) is 11.1 Å². The fourth-order valence-corrected chi connectivity index (χ4v) is 2.03. The topological polar surface area (TPSA) is 64.9 Å². The van der Waals surface area contributed by atoms with Crippen LogP contribution in [0.1, 0.15) is 18.9 Å². The summed E-state index contributed by atoms with van der Waals surface area (Å²) >= 11 is 1.90. The molecule has 0 bridgehead atoms. The lowest BCUT2D eigenvalue weighted by Gasteiger charge is -2.09. The zero-order valence-electron chi connectivity index (χ0n) is 8.44. The fraction of sp³-hybridized carbons (Fsp3) is 0.500. The number of pyridine rings is 1. The lowest BCUT2D eigenvalue weighted by atomic mass is 10.3. The van der Waals surface area contributed by atoms with E-state index < -0.39 is 0 Å². The second kappa shape index (κ2) is 5.88. The second-order valence-corrected chi connectivity index (χ2v) is 4.72. The highest BCUT2D eigenvalue weighted by molar-refractivity contribution is 7.99. The quantitative estimate of drug-likeness (QED) is 0.777. The molecule has 0 aliphatic heterocycles. The van der Waals surface area contributed by atoms with E-state index in [9.17, 15) is 0 Å². The number of anilines is 1. The molecule has 78 valence electrons. The van der Waals surface area contributed by atoms with Gasteiger partial charge in [-0.2, -0.15) is 11.8 Å². The van der Waals surface area contributed by atoms with Crippen LogP contribution in [0, 0.1) is 0 Å². The number of rotatable bonds is 5. The fourth-order valence-electron chi connectivity index (χ4n) is 1.08. The zero-order valence-corrected chi connectivity index (χ0v) is 9.26. The average Bonchev–Trinajstić information content (AvgIpc) is 2.17. The zero-order chi connectivity index (χ0) is 10.4. The normalized spacial score (nSPS) is 12.7. The minimum Gasteiger partial charge on any atom is -0.384 e. The minimum absolute atomic E-state index is 0.578. The molecule has 0 aliphatic carbocycles. The highest BCUT2D eigenvalue weighted by Gasteiger charge is 2.01. The Morgan fingerprint density at radius 3 is 2.86 bits per heavy atom. The summed E-state index contributed by atoms with van der Waals surface area (Å²) in [5.74, 6) is 1.56. The molecule has 0 amide bonds. The number of nitrogens with zero attached hydrogens (tertiary/aromatic N) is 1. The van der Waals surface area contributed by atoms with Crippen LogP contribution in [0.3, 0.4) is 0 Å². The van der Waals surface area contributed by atoms with Gasteiger partial charge < -0.3 is 11.5 Å². The van der Waals surface area contributed by atoms with E-state index in [-0.39, 0.29) is 0 Å². The molecule has 1 aromatic heterocycles. The van der Waals surface area contributed by atoms with Gasteiger partial charge in [0.1, 0.15) is 5.82 Å². The van der Waals surface area contributed by atoms with Gasteiger partial charge in [-0.3, -0.25) is 0 Å². The SMILES string of the molecule is CC(CCN)SCc1ccc(N)nc1. The predicted molar refractivity (Wildman–Crippen MR) is 63.1 cm³/mol. The van der Waals surface area contributed by atoms with E-state index >= 15 is 0 Å². The molecule has 1 rings (SSSR count). The van der Waals surface area contributed by atoms with Crippen molar-refractivity contribution >= 4 is 17.6 Å². The van der Waals surface area contributed by atoms with Gasteiger partial charge in [-0.05, 0) is 24.6 Å². The summed E-state index contributed by atoms with van der Waals surface area (Å²) in [6.45, 7) is 2.95. The minimum atomic E-state index is 0.578. The highest BCUT2D eigenvalue weighted by Crippen LogP contribution is 2.19. The first-order chi connectivity index (χ1) is 6.72. The van der Waals surface area contributed by atoms with Crippen molar-refractivity contribution < 1.29 is 0 Å². The lowest BCUT2D eigenvalue weighted by Crippen LogP contribution is -2.07. The molecule has 0 fully saturated rings. The molecule has 1 heterocycles. The van der Waals surface area contributed by atoms with Gasteiger partial charge >= 0.3 is 0 Å². The highest BCUT2D eigenvalue weighted by atomic mass is 32.2. The van der Waals surface area contributed by atoms with Gasteiger partial charge in [-0.25, -0.2) is 4.98 Å². The van der Waals surface area contributed by atoms with Crippen LogP contribution in [0.25, 0.3) is 0 Å². The third-order valence-electron chi connectivity index (χ3n) is 1.96. The summed E-state index contributed by atoms with van der Waals surface area (Å²) in [6, 6.07) is 3.86. The number of hydrogen-bond acceptors (Lipinski definition) is 4. The maximum Gasteiger partial charge on any atom is 0.123 e. The summed E-state index contributed by atoms with van der Waals surface area (Å²) in [4.78, 5) is 4.04. The molecule has 4 N–H and O–H groups in total. The largest absolute Gasteiger partial charge is 0.384 e. The smallest absolute Gasteiger partial charge is 0.123 e. The third-order valence-corrected chi connectivity index (χ3v) is 3.26. The van der Waals surface area contributed by atoms with Crippen LogP contribution in [0.15, 0.2) is 18.3 Å². The van der Waals surface area contributed by atoms with E-state index in [1.165, 1.54) is 5.56 Å². The number of nitrogen functional groups attached to an aromatic ring is 1. The van der Waals surface area contributed by atoms with Crippen LogP contribution in [0.2, 0.25) is 0 Å². The van der Waals surface area contributed by atoms with Crippen LogP contribution in [-0.4, -0.2) is 16.8 Å². The second-order valence-electron chi connectivity index (χ2n) is 3.29. The van der Waals surface area contributed by atoms with Gasteiger partial charge in [-0.15, -0.1) is 0 Å². The van der Waals surface area contributed by atoms with Crippen molar-refractivity contribution in [1.29, 1.82) is 0 Å². The van der Waals surface area contributed by atoms with E-state index in [4.69, 9.17) is 11.5 Å². The number of aromatic nitrogens is 1. The first kappa shape index (κ1) is 11.3. The number of nitrogens with two attached hydrogens (primary N) is 2. The predicted octanol–water partition coefficient (Wildman–Crippen LogP) is 1.63. The Morgan fingerprint density at radius 2 is 2.29 bits per heavy atom. The van der Waals surface area contributed by atoms with Crippen LogP contribution in [-0.2, 0) is 5.75 Å². The van der Waals surface area contributed by atoms with Crippen LogP contribution >= 0.6 is 11.8 Å². The van der Waals surface area contributed by atoms with Gasteiger partial charge in [0.05, 0.1) is 0 Å². The van der Waals surface area contributed by atoms with Gasteiger partial charge in [0.25, 0.3) is 0 Å². The van der Waals surface area contributed by atoms with E-state index in [2.05, 4.69) is 11.9 Å². The Labute approximate surface area is 89.3 Å². The maximum atomic E-state index is 5.50. The maximum absolute atomic E-state index is 5.50. The van der Waals surface area contributed by atoms with Crippen LogP contribution in [0.4, 0.5) is 5.82 Å². The van der Waals surface area contributed by atoms with Crippen molar-refractivity contribution in [1.82, 2.24) is 4.98 Å². The van der Waals surface area contributed by atoms with Crippen molar-refractivity contribution in [3.05, 3.63) is 23.9 Å². The van der Waals surface area contributed by atoms with Gasteiger partial charge in [0.15, 0.2) is 0 Å². The molecule has 0 saturated heterocycles. The number of hydrogen-bond donors (Lipinski definition) is 2. The molecule has 1 aromatic rings. The molecule has 1 unspecified atom stereocenters. The molecule has 3 nitrogen and oxygen atoms in total. The lowest BCUT2D eigenvalue weighted by molar-refractivity contribution is 0.823. The molecule has 0 spiro atoms. The van der Waals surface area contributed by atoms with Crippen molar-refractivity contribution in [2.75, 3.05) is 12.3 Å². The van der Waals surface area contributed by atoms with Gasteiger partial charge in [-0.1, -0.05) is 13.0 Å². The van der Waals surface area contributed by atoms with Gasteiger partial charge in [0, 0.05) is 17.2 Å². The molecule has 1 atom stereocenters. The van der Waals surface area contributed by atoms with E-state index in [1.54, 1.807) is 0 Å². The molecule has 4 heteroatoms. The molecule has 0 aliphatic rings. The van der Waals surface area contributed by atoms with Gasteiger partial charge in [0.2, 0.25) is 0 Å². The van der Waals surface area contributed by atoms with Crippen molar-refractivity contribution in [3.63, 3.8) is 0 Å². The molecular formula is C10H17N3S. The average molecular weight is 211 g/mol. The monoisotopic (exact) mass is 211 g/mol. The Bertz CT molecular complexity index is 261. The number of thioether (sulfide) groups is 1. The molecule has 14 heavy (non-hydrogen) atoms. The first-order valence-electron chi connectivity index (χ1n) is 4.74. The first-order valence-corrected chi connectivity index (χ1v) is 5.79. The molecule has 0 radical (unpaired) electrons. The summed E-state index contributed by atoms with van der Waals surface area (Å²) in [7, 11) is 0. The van der Waals surface area contributed by atoms with Crippen molar-refractivity contribution in [2.24, 2.45) is 5.73 Å². The van der Waals surface area contributed by atoms with E-state index in [1.807, 2.05) is 30.1 Å². The van der Waals surface area contributed by atoms with Crippen molar-refractivity contribution in [2.45, 2.75) is 24.3 Å². The Kier molecular flexibility index (Phi) is 4.76. The summed E-state index contributed by atoms with van der Waals surface area (Å²) in [6.07, 6.45) is 2.89. The Hall–Kier alpha value is -0.740. The van der Waals surface area contributed by atoms with Crippen LogP contribution < -0.4 is 11.5 Å². The molecule has 0 saturated carbocycles. The summed E-state index contributed by atoms with van der Waals surface area (Å²) < 4.78 is 0. The summed E-state index contributed by atoms with van der Waals surface area (Å²) in [5.41, 5.74) is 12.2. The molecule has 0 aromatic carbocycles.